The van der Waals surface area contributed by atoms with Crippen LogP contribution in [0, 0.1) is 13.8 Å². The molecule has 3 heterocycles. The topological polar surface area (TPSA) is 57.7 Å². The summed E-state index contributed by atoms with van der Waals surface area (Å²) in [7, 11) is 0. The highest BCUT2D eigenvalue weighted by Crippen LogP contribution is 2.24. The predicted molar refractivity (Wildman–Crippen MR) is 120 cm³/mol. The number of ether oxygens (including phenoxy) is 1. The molecule has 0 atom stereocenters. The number of aryl methyl sites for hydroxylation is 2. The number of piperazine rings is 1. The van der Waals surface area contributed by atoms with Gasteiger partial charge < -0.3 is 15.0 Å². The van der Waals surface area contributed by atoms with Crippen molar-refractivity contribution in [1.29, 1.82) is 0 Å². The molecule has 4 rings (SSSR count). The Morgan fingerprint density at radius 1 is 1.03 bits per heavy atom. The molecule has 0 saturated carbocycles. The van der Waals surface area contributed by atoms with Gasteiger partial charge in [0.15, 0.2) is 0 Å². The van der Waals surface area contributed by atoms with Gasteiger partial charge in [-0.3, -0.25) is 9.69 Å². The third-order valence-corrected chi connectivity index (χ3v) is 6.24. The number of carbonyl (C=O) groups excluding carboxylic acids is 1. The molecule has 1 aromatic carbocycles. The molecule has 0 bridgehead atoms. The third-order valence-electron chi connectivity index (χ3n) is 6.24. The van der Waals surface area contributed by atoms with Gasteiger partial charge in [-0.2, -0.15) is 4.98 Å². The molecule has 0 radical (unpaired) electrons. The van der Waals surface area contributed by atoms with Crippen molar-refractivity contribution in [2.75, 3.05) is 49.5 Å². The summed E-state index contributed by atoms with van der Waals surface area (Å²) in [6.45, 7) is 10.6. The zero-order chi connectivity index (χ0) is 20.9. The Balaban J connectivity index is 1.15. The average molecular weight is 409 g/mol. The molecule has 0 spiro atoms. The van der Waals surface area contributed by atoms with Crippen LogP contribution in [0.4, 0.5) is 11.5 Å². The number of nitrogens with zero attached hydrogens (tertiary/aromatic N) is 3. The van der Waals surface area contributed by atoms with Crippen LogP contribution in [-0.4, -0.2) is 55.1 Å². The van der Waals surface area contributed by atoms with Crippen molar-refractivity contribution < 1.29 is 9.53 Å². The van der Waals surface area contributed by atoms with Gasteiger partial charge in [-0.15, -0.1) is 0 Å². The number of nitrogens with one attached hydrogen (secondary N) is 1. The third kappa shape index (κ3) is 4.93. The van der Waals surface area contributed by atoms with Crippen molar-refractivity contribution >= 4 is 17.4 Å². The molecule has 0 aliphatic carbocycles. The standard InChI is InChI=1S/C24H32N4O2/c1-18-6-5-7-21(19(18)2)28-15-13-27(14-16-28)12-3-4-17-30-23-11-9-20-8-10-22(29)25-24(20)26-23/h5-7,9,11H,3-4,8,10,12-17H2,1-2H3,(H,25,26,29). The molecule has 6 heteroatoms. The first-order valence-electron chi connectivity index (χ1n) is 11.1. The van der Waals surface area contributed by atoms with E-state index in [1.54, 1.807) is 0 Å². The van der Waals surface area contributed by atoms with Gasteiger partial charge in [0.2, 0.25) is 11.8 Å². The molecule has 1 saturated heterocycles. The van der Waals surface area contributed by atoms with Crippen molar-refractivity contribution in [3.05, 3.63) is 47.0 Å². The second kappa shape index (κ2) is 9.47. The van der Waals surface area contributed by atoms with E-state index in [9.17, 15) is 4.79 Å². The van der Waals surface area contributed by atoms with Crippen molar-refractivity contribution in [3.8, 4) is 5.88 Å². The van der Waals surface area contributed by atoms with Crippen molar-refractivity contribution in [1.82, 2.24) is 9.88 Å². The highest BCUT2D eigenvalue weighted by Gasteiger charge is 2.19. The van der Waals surface area contributed by atoms with E-state index in [2.05, 4.69) is 52.1 Å². The SMILES string of the molecule is Cc1cccc(N2CCN(CCCCOc3ccc4c(n3)NC(=O)CC4)CC2)c1C. The number of pyridine rings is 1. The van der Waals surface area contributed by atoms with E-state index in [-0.39, 0.29) is 5.91 Å². The maximum atomic E-state index is 11.5. The Kier molecular flexibility index (Phi) is 6.53. The molecule has 0 unspecified atom stereocenters. The van der Waals surface area contributed by atoms with Crippen LogP contribution in [0.5, 0.6) is 5.88 Å². The first-order chi connectivity index (χ1) is 14.6. The molecule has 6 nitrogen and oxygen atoms in total. The van der Waals surface area contributed by atoms with Gasteiger partial charge in [-0.05, 0) is 68.5 Å². The van der Waals surface area contributed by atoms with E-state index >= 15 is 0 Å². The van der Waals surface area contributed by atoms with Gasteiger partial charge in [0.1, 0.15) is 5.82 Å². The minimum Gasteiger partial charge on any atom is -0.478 e. The van der Waals surface area contributed by atoms with Gasteiger partial charge in [-0.25, -0.2) is 0 Å². The Hall–Kier alpha value is -2.60. The van der Waals surface area contributed by atoms with Crippen LogP contribution in [0.25, 0.3) is 0 Å². The van der Waals surface area contributed by atoms with Gasteiger partial charge in [0.05, 0.1) is 6.61 Å². The second-order valence-corrected chi connectivity index (χ2v) is 8.31. The van der Waals surface area contributed by atoms with E-state index in [0.29, 0.717) is 24.7 Å². The highest BCUT2D eigenvalue weighted by molar-refractivity contribution is 5.92. The first kappa shape index (κ1) is 20.7. The molecular weight excluding hydrogens is 376 g/mol. The van der Waals surface area contributed by atoms with Crippen LogP contribution in [-0.2, 0) is 11.2 Å². The molecule has 1 aromatic heterocycles. The number of anilines is 2. The maximum absolute atomic E-state index is 11.5. The van der Waals surface area contributed by atoms with E-state index in [0.717, 1.165) is 57.5 Å². The minimum atomic E-state index is 0.0322. The maximum Gasteiger partial charge on any atom is 0.225 e. The number of hydrogen-bond acceptors (Lipinski definition) is 5. The number of aromatic nitrogens is 1. The van der Waals surface area contributed by atoms with E-state index < -0.39 is 0 Å². The fraction of sp³-hybridized carbons (Fsp3) is 0.500. The van der Waals surface area contributed by atoms with Crippen LogP contribution in [0.1, 0.15) is 36.0 Å². The molecular formula is C24H32N4O2. The molecule has 1 N–H and O–H groups in total. The molecule has 2 aromatic rings. The molecule has 160 valence electrons. The first-order valence-corrected chi connectivity index (χ1v) is 11.1. The molecule has 1 fully saturated rings. The Bertz CT molecular complexity index is 891. The zero-order valence-corrected chi connectivity index (χ0v) is 18.1. The number of carbonyl (C=O) groups is 1. The number of benzene rings is 1. The quantitative estimate of drug-likeness (QED) is 0.710. The summed E-state index contributed by atoms with van der Waals surface area (Å²) in [5.41, 5.74) is 5.24. The van der Waals surface area contributed by atoms with Crippen LogP contribution in [0.15, 0.2) is 30.3 Å². The highest BCUT2D eigenvalue weighted by atomic mass is 16.5. The summed E-state index contributed by atoms with van der Waals surface area (Å²) < 4.78 is 5.81. The number of unbranched alkanes of at least 4 members (excludes halogenated alkanes) is 1. The smallest absolute Gasteiger partial charge is 0.225 e. The lowest BCUT2D eigenvalue weighted by Crippen LogP contribution is -2.46. The monoisotopic (exact) mass is 408 g/mol. The predicted octanol–water partition coefficient (Wildman–Crippen LogP) is 3.56. The number of hydrogen-bond donors (Lipinski definition) is 1. The summed E-state index contributed by atoms with van der Waals surface area (Å²) in [6, 6.07) is 10.5. The second-order valence-electron chi connectivity index (χ2n) is 8.31. The van der Waals surface area contributed by atoms with Gasteiger partial charge in [-0.1, -0.05) is 12.1 Å². The number of rotatable bonds is 7. The summed E-state index contributed by atoms with van der Waals surface area (Å²) in [4.78, 5) is 21.0. The number of amides is 1. The largest absolute Gasteiger partial charge is 0.478 e. The van der Waals surface area contributed by atoms with Crippen molar-refractivity contribution in [2.45, 2.75) is 39.5 Å². The summed E-state index contributed by atoms with van der Waals surface area (Å²) in [5.74, 6) is 1.29. The summed E-state index contributed by atoms with van der Waals surface area (Å²) >= 11 is 0. The van der Waals surface area contributed by atoms with E-state index in [4.69, 9.17) is 4.74 Å². The lowest BCUT2D eigenvalue weighted by atomic mass is 10.1. The molecule has 2 aliphatic rings. The molecule has 30 heavy (non-hydrogen) atoms. The van der Waals surface area contributed by atoms with Gasteiger partial charge in [0.25, 0.3) is 0 Å². The van der Waals surface area contributed by atoms with Crippen molar-refractivity contribution in [3.63, 3.8) is 0 Å². The van der Waals surface area contributed by atoms with Crippen LogP contribution in [0.3, 0.4) is 0 Å². The van der Waals surface area contributed by atoms with E-state index in [1.165, 1.54) is 16.8 Å². The fourth-order valence-corrected chi connectivity index (χ4v) is 4.21. The normalized spacial score (nSPS) is 16.9. The fourth-order valence-electron chi connectivity index (χ4n) is 4.21. The van der Waals surface area contributed by atoms with Gasteiger partial charge in [0, 0.05) is 44.4 Å². The van der Waals surface area contributed by atoms with Gasteiger partial charge >= 0.3 is 0 Å². The summed E-state index contributed by atoms with van der Waals surface area (Å²) in [5, 5.41) is 2.83. The molecule has 1 amide bonds. The number of fused-ring (bicyclic) bond motifs is 1. The minimum absolute atomic E-state index is 0.0322. The van der Waals surface area contributed by atoms with Crippen LogP contribution >= 0.6 is 0 Å². The molecule has 2 aliphatic heterocycles. The Labute approximate surface area is 179 Å². The van der Waals surface area contributed by atoms with Crippen molar-refractivity contribution in [2.24, 2.45) is 0 Å². The lowest BCUT2D eigenvalue weighted by molar-refractivity contribution is -0.116. The Morgan fingerprint density at radius 3 is 2.70 bits per heavy atom. The lowest BCUT2D eigenvalue weighted by Gasteiger charge is -2.37. The zero-order valence-electron chi connectivity index (χ0n) is 18.1. The average Bonchev–Trinajstić information content (AvgIpc) is 2.76. The van der Waals surface area contributed by atoms with Crippen LogP contribution in [0.2, 0.25) is 0 Å². The van der Waals surface area contributed by atoms with Crippen LogP contribution < -0.4 is 15.0 Å². The Morgan fingerprint density at radius 2 is 1.87 bits per heavy atom. The summed E-state index contributed by atoms with van der Waals surface area (Å²) in [6.07, 6.45) is 3.41. The van der Waals surface area contributed by atoms with E-state index in [1.807, 2.05) is 12.1 Å².